The Labute approximate surface area is 145 Å². The van der Waals surface area contributed by atoms with Crippen molar-refractivity contribution in [2.75, 3.05) is 47.0 Å². The molecule has 0 unspecified atom stereocenters. The highest BCUT2D eigenvalue weighted by Gasteiger charge is 2.28. The first kappa shape index (κ1) is 19.3. The van der Waals surface area contributed by atoms with Crippen molar-refractivity contribution >= 4 is 21.9 Å². The summed E-state index contributed by atoms with van der Waals surface area (Å²) in [6.07, 6.45) is 0. The lowest BCUT2D eigenvalue weighted by atomic mass is 10.2. The molecule has 1 heterocycles. The molecule has 1 aromatic carbocycles. The minimum atomic E-state index is -3.88. The van der Waals surface area contributed by atoms with E-state index < -0.39 is 39.9 Å². The van der Waals surface area contributed by atoms with E-state index in [1.807, 2.05) is 0 Å². The number of likely N-dealkylation sites (N-methyl/N-ethyl adjacent to an activating group) is 1. The lowest BCUT2D eigenvalue weighted by Crippen LogP contribution is -2.40. The molecule has 0 bridgehead atoms. The van der Waals surface area contributed by atoms with Crippen molar-refractivity contribution in [3.8, 4) is 0 Å². The normalized spacial score (nSPS) is 15.6. The number of sulfonamides is 1. The largest absolute Gasteiger partial charge is 0.452 e. The van der Waals surface area contributed by atoms with E-state index in [0.717, 1.165) is 18.2 Å². The molecule has 8 nitrogen and oxygen atoms in total. The van der Waals surface area contributed by atoms with Crippen LogP contribution in [0, 0.1) is 5.82 Å². The standard InChI is InChI=1S/C15H19FN2O6S/c1-17(2)14(19)10-24-15(20)12-9-11(3-4-13(12)16)25(21,22)18-5-7-23-8-6-18/h3-4,9H,5-8,10H2,1-2H3. The Hall–Kier alpha value is -2.04. The Balaban J connectivity index is 2.22. The van der Waals surface area contributed by atoms with Crippen LogP contribution in [0.5, 0.6) is 0 Å². The molecule has 1 aliphatic heterocycles. The van der Waals surface area contributed by atoms with Gasteiger partial charge in [0.2, 0.25) is 10.0 Å². The second-order valence-electron chi connectivity index (χ2n) is 5.52. The van der Waals surface area contributed by atoms with Crippen LogP contribution in [0.25, 0.3) is 0 Å². The molecular formula is C15H19FN2O6S. The fraction of sp³-hybridized carbons (Fsp3) is 0.467. The molecule has 0 atom stereocenters. The molecule has 1 saturated heterocycles. The maximum absolute atomic E-state index is 13.9. The van der Waals surface area contributed by atoms with Crippen LogP contribution in [0.2, 0.25) is 0 Å². The van der Waals surface area contributed by atoms with E-state index in [9.17, 15) is 22.4 Å². The number of carbonyl (C=O) groups excluding carboxylic acids is 2. The van der Waals surface area contributed by atoms with E-state index in [1.165, 1.54) is 23.3 Å². The maximum Gasteiger partial charge on any atom is 0.341 e. The molecule has 138 valence electrons. The molecule has 1 fully saturated rings. The number of hydrogen-bond donors (Lipinski definition) is 0. The summed E-state index contributed by atoms with van der Waals surface area (Å²) >= 11 is 0. The highest BCUT2D eigenvalue weighted by molar-refractivity contribution is 7.89. The zero-order chi connectivity index (χ0) is 18.6. The smallest absolute Gasteiger partial charge is 0.341 e. The van der Waals surface area contributed by atoms with Crippen molar-refractivity contribution in [1.29, 1.82) is 0 Å². The first-order chi connectivity index (χ1) is 11.7. The van der Waals surface area contributed by atoms with Crippen molar-refractivity contribution in [3.63, 3.8) is 0 Å². The molecule has 10 heteroatoms. The summed E-state index contributed by atoms with van der Waals surface area (Å²) in [5.74, 6) is -2.51. The number of rotatable bonds is 5. The molecule has 0 saturated carbocycles. The van der Waals surface area contributed by atoms with Crippen LogP contribution in [-0.4, -0.2) is 76.5 Å². The van der Waals surface area contributed by atoms with Crippen LogP contribution in [0.3, 0.4) is 0 Å². The number of nitrogens with zero attached hydrogens (tertiary/aromatic N) is 2. The highest BCUT2D eigenvalue weighted by atomic mass is 32.2. The van der Waals surface area contributed by atoms with Crippen molar-refractivity contribution in [2.24, 2.45) is 0 Å². The molecule has 2 rings (SSSR count). The topological polar surface area (TPSA) is 93.2 Å². The SMILES string of the molecule is CN(C)C(=O)COC(=O)c1cc(S(=O)(=O)N2CCOCC2)ccc1F. The second-order valence-corrected chi connectivity index (χ2v) is 7.46. The van der Waals surface area contributed by atoms with Crippen LogP contribution in [0.15, 0.2) is 23.1 Å². The molecule has 0 spiro atoms. The summed E-state index contributed by atoms with van der Waals surface area (Å²) in [7, 11) is -0.919. The van der Waals surface area contributed by atoms with Gasteiger partial charge in [-0.3, -0.25) is 4.79 Å². The van der Waals surface area contributed by atoms with E-state index in [0.29, 0.717) is 0 Å². The van der Waals surface area contributed by atoms with Gasteiger partial charge >= 0.3 is 5.97 Å². The van der Waals surface area contributed by atoms with E-state index in [1.54, 1.807) is 0 Å². The van der Waals surface area contributed by atoms with Crippen molar-refractivity contribution < 1.29 is 31.9 Å². The number of amides is 1. The van der Waals surface area contributed by atoms with Gasteiger partial charge in [0.05, 0.1) is 23.7 Å². The van der Waals surface area contributed by atoms with E-state index in [4.69, 9.17) is 9.47 Å². The van der Waals surface area contributed by atoms with Crippen LogP contribution >= 0.6 is 0 Å². The number of morpholine rings is 1. The van der Waals surface area contributed by atoms with E-state index >= 15 is 0 Å². The van der Waals surface area contributed by atoms with Crippen molar-refractivity contribution in [2.45, 2.75) is 4.90 Å². The van der Waals surface area contributed by atoms with Gasteiger partial charge in [-0.1, -0.05) is 0 Å². The Morgan fingerprint density at radius 1 is 1.28 bits per heavy atom. The van der Waals surface area contributed by atoms with Crippen LogP contribution in [-0.2, 0) is 24.3 Å². The van der Waals surface area contributed by atoms with Crippen LogP contribution in [0.1, 0.15) is 10.4 Å². The van der Waals surface area contributed by atoms with Gasteiger partial charge in [0, 0.05) is 27.2 Å². The first-order valence-corrected chi connectivity index (χ1v) is 8.92. The predicted molar refractivity (Wildman–Crippen MR) is 85.0 cm³/mol. The molecule has 0 radical (unpaired) electrons. The second kappa shape index (κ2) is 7.89. The van der Waals surface area contributed by atoms with Crippen LogP contribution in [0.4, 0.5) is 4.39 Å². The third kappa shape index (κ3) is 4.53. The van der Waals surface area contributed by atoms with Gasteiger partial charge in [0.25, 0.3) is 5.91 Å². The van der Waals surface area contributed by atoms with E-state index in [2.05, 4.69) is 0 Å². The molecule has 0 N–H and O–H groups in total. The third-order valence-corrected chi connectivity index (χ3v) is 5.49. The fourth-order valence-corrected chi connectivity index (χ4v) is 3.53. The number of halogens is 1. The summed E-state index contributed by atoms with van der Waals surface area (Å²) in [4.78, 5) is 24.4. The lowest BCUT2D eigenvalue weighted by Gasteiger charge is -2.26. The molecule has 1 aliphatic rings. The molecular weight excluding hydrogens is 355 g/mol. The average Bonchev–Trinajstić information content (AvgIpc) is 2.60. The fourth-order valence-electron chi connectivity index (χ4n) is 2.09. The number of hydrogen-bond acceptors (Lipinski definition) is 6. The van der Waals surface area contributed by atoms with Gasteiger partial charge in [-0.25, -0.2) is 17.6 Å². The summed E-state index contributed by atoms with van der Waals surface area (Å²) in [5.41, 5.74) is -0.541. The molecule has 25 heavy (non-hydrogen) atoms. The minimum Gasteiger partial charge on any atom is -0.452 e. The first-order valence-electron chi connectivity index (χ1n) is 7.48. The zero-order valence-corrected chi connectivity index (χ0v) is 14.7. The van der Waals surface area contributed by atoms with Gasteiger partial charge in [0.15, 0.2) is 6.61 Å². The molecule has 0 aromatic heterocycles. The Kier molecular flexibility index (Phi) is 6.09. The monoisotopic (exact) mass is 374 g/mol. The van der Waals surface area contributed by atoms with Gasteiger partial charge < -0.3 is 14.4 Å². The Morgan fingerprint density at radius 2 is 1.92 bits per heavy atom. The summed E-state index contributed by atoms with van der Waals surface area (Å²) < 4.78 is 50.1. The summed E-state index contributed by atoms with van der Waals surface area (Å²) in [5, 5.41) is 0. The average molecular weight is 374 g/mol. The molecule has 1 aromatic rings. The Morgan fingerprint density at radius 3 is 2.52 bits per heavy atom. The summed E-state index contributed by atoms with van der Waals surface area (Å²) in [6, 6.07) is 2.89. The van der Waals surface area contributed by atoms with Gasteiger partial charge in [-0.05, 0) is 18.2 Å². The third-order valence-electron chi connectivity index (χ3n) is 3.59. The van der Waals surface area contributed by atoms with Crippen molar-refractivity contribution in [3.05, 3.63) is 29.6 Å². The molecule has 1 amide bonds. The van der Waals surface area contributed by atoms with Gasteiger partial charge in [-0.2, -0.15) is 4.31 Å². The van der Waals surface area contributed by atoms with Gasteiger partial charge in [0.1, 0.15) is 5.82 Å². The molecule has 0 aliphatic carbocycles. The maximum atomic E-state index is 13.9. The minimum absolute atomic E-state index is 0.177. The van der Waals surface area contributed by atoms with E-state index in [-0.39, 0.29) is 31.2 Å². The summed E-state index contributed by atoms with van der Waals surface area (Å²) in [6.45, 7) is 0.323. The number of benzene rings is 1. The number of esters is 1. The predicted octanol–water partition coefficient (Wildman–Crippen LogP) is 0.0916. The number of carbonyl (C=O) groups is 2. The Bertz CT molecular complexity index is 759. The highest BCUT2D eigenvalue weighted by Crippen LogP contribution is 2.20. The number of ether oxygens (including phenoxy) is 2. The van der Waals surface area contributed by atoms with Gasteiger partial charge in [-0.15, -0.1) is 0 Å². The quantitative estimate of drug-likeness (QED) is 0.679. The van der Waals surface area contributed by atoms with Crippen LogP contribution < -0.4 is 0 Å². The zero-order valence-electron chi connectivity index (χ0n) is 13.9. The van der Waals surface area contributed by atoms with Crippen molar-refractivity contribution in [1.82, 2.24) is 9.21 Å². The lowest BCUT2D eigenvalue weighted by molar-refractivity contribution is -0.131.